The van der Waals surface area contributed by atoms with E-state index >= 15 is 0 Å². The van der Waals surface area contributed by atoms with Gasteiger partial charge in [-0.25, -0.2) is 0 Å². The summed E-state index contributed by atoms with van der Waals surface area (Å²) >= 11 is 0. The number of fused-ring (bicyclic) bond motifs is 7. The summed E-state index contributed by atoms with van der Waals surface area (Å²) in [6.07, 6.45) is 13.7. The molecule has 6 aliphatic rings. The molecule has 0 aromatic heterocycles. The third kappa shape index (κ3) is 4.12. The molecule has 6 rings (SSSR count). The van der Waals surface area contributed by atoms with Gasteiger partial charge in [-0.3, -0.25) is 0 Å². The number of ether oxygens (including phenoxy) is 1. The van der Waals surface area contributed by atoms with E-state index in [0.29, 0.717) is 33.0 Å². The molecule has 7 heteroatoms. The Morgan fingerprint density at radius 2 is 1.49 bits per heavy atom. The van der Waals surface area contributed by atoms with E-state index in [0.717, 1.165) is 24.4 Å². The van der Waals surface area contributed by atoms with Crippen molar-refractivity contribution in [1.82, 2.24) is 0 Å². The van der Waals surface area contributed by atoms with Gasteiger partial charge in [0, 0.05) is 30.1 Å². The van der Waals surface area contributed by atoms with E-state index in [1.54, 1.807) is 0 Å². The van der Waals surface area contributed by atoms with Gasteiger partial charge in [0.25, 0.3) is 0 Å². The molecule has 2 heterocycles. The summed E-state index contributed by atoms with van der Waals surface area (Å²) in [7, 11) is 0. The second-order valence-corrected chi connectivity index (χ2v) is 17.5. The fraction of sp³-hybridized carbons (Fsp3) is 1.00. The van der Waals surface area contributed by atoms with E-state index in [-0.39, 0.29) is 54.0 Å². The number of halogens is 3. The molecular formula is C34H64Cl3N3O. The molecule has 0 radical (unpaired) electrons. The van der Waals surface area contributed by atoms with Crippen LogP contribution in [0.2, 0.25) is 0 Å². The molecule has 242 valence electrons. The third-order valence-electron chi connectivity index (χ3n) is 16.8. The number of quaternary nitrogens is 3. The zero-order valence-electron chi connectivity index (χ0n) is 27.9. The van der Waals surface area contributed by atoms with Crippen molar-refractivity contribution in [3.05, 3.63) is 0 Å². The number of hydrogen-bond donors (Lipinski definition) is 3. The number of piperidine rings is 1. The van der Waals surface area contributed by atoms with Crippen molar-refractivity contribution in [2.75, 3.05) is 19.6 Å². The molecule has 1 unspecified atom stereocenters. The lowest BCUT2D eigenvalue weighted by Gasteiger charge is -2.73. The van der Waals surface area contributed by atoms with E-state index in [4.69, 9.17) is 4.74 Å². The molecule has 41 heavy (non-hydrogen) atoms. The van der Waals surface area contributed by atoms with Gasteiger partial charge in [0.1, 0.15) is 13.1 Å². The average molecular weight is 637 g/mol. The van der Waals surface area contributed by atoms with Gasteiger partial charge < -0.3 is 58.3 Å². The largest absolute Gasteiger partial charge is 1.00 e. The summed E-state index contributed by atoms with van der Waals surface area (Å²) in [4.78, 5) is 0. The minimum atomic E-state index is -0.0271. The first-order valence-electron chi connectivity index (χ1n) is 16.8. The van der Waals surface area contributed by atoms with Gasteiger partial charge in [0.2, 0.25) is 5.72 Å². The van der Waals surface area contributed by atoms with E-state index in [1.807, 2.05) is 0 Å². The Morgan fingerprint density at radius 1 is 0.805 bits per heavy atom. The molecule has 4 saturated carbocycles. The second kappa shape index (κ2) is 10.9. The molecule has 6 fully saturated rings. The SMILES string of the molecule is C[C@H]1CC[C@]2([NH2+]C1)O[C@@]1(C)C[C@@]3(C)[C@@H]4CC[C@@]5(C)CC([NH2+]CC[NH3+])CC[C@]5(C)[C@@]4(C)CC[C@]3(C)[C@@]1(C)[C@@H]2C.[Cl-].[Cl-].[Cl-]. The predicted molar refractivity (Wildman–Crippen MR) is 154 cm³/mol. The quantitative estimate of drug-likeness (QED) is 0.286. The molecule has 1 spiro atoms. The van der Waals surface area contributed by atoms with Crippen LogP contribution < -0.4 is 53.6 Å². The van der Waals surface area contributed by atoms with Gasteiger partial charge in [-0.1, -0.05) is 55.4 Å². The Hall–Kier alpha value is 0.710. The minimum Gasteiger partial charge on any atom is -1.00 e. The summed E-state index contributed by atoms with van der Waals surface area (Å²) in [5, 5.41) is 5.29. The maximum Gasteiger partial charge on any atom is 0.203 e. The van der Waals surface area contributed by atoms with Crippen LogP contribution in [0.15, 0.2) is 0 Å². The van der Waals surface area contributed by atoms with Crippen molar-refractivity contribution >= 4 is 0 Å². The standard InChI is InChI=1S/C34H61N3O.3ClH/c1-23-10-15-34(37-21-23)24(2)33(9)31(7)17-16-28(4)26(29(31,5)22-32(33,8)38-34)12-13-27(3)20-25(36-19-18-35)11-14-30(27,28)6;;;/h23-26,36-37H,10-22,35H2,1-9H3;3*1H/t23-,24-,25?,26+,27-,28-,29-,30-,31-,32-,33+,34-;;;/m0.../s1. The van der Waals surface area contributed by atoms with Crippen LogP contribution in [-0.4, -0.2) is 37.0 Å². The smallest absolute Gasteiger partial charge is 0.203 e. The lowest BCUT2D eigenvalue weighted by molar-refractivity contribution is -0.788. The highest BCUT2D eigenvalue weighted by atomic mass is 35.5. The van der Waals surface area contributed by atoms with Crippen molar-refractivity contribution < 1.29 is 58.3 Å². The van der Waals surface area contributed by atoms with Crippen LogP contribution in [-0.2, 0) is 4.74 Å². The highest BCUT2D eigenvalue weighted by molar-refractivity contribution is 5.30. The lowest BCUT2D eigenvalue weighted by Crippen LogP contribution is -3.01. The summed E-state index contributed by atoms with van der Waals surface area (Å²) < 4.78 is 7.54. The van der Waals surface area contributed by atoms with Crippen LogP contribution in [0, 0.1) is 50.2 Å². The van der Waals surface area contributed by atoms with E-state index in [9.17, 15) is 0 Å². The highest BCUT2D eigenvalue weighted by Gasteiger charge is 2.84. The first-order chi connectivity index (χ1) is 17.6. The molecule has 0 amide bonds. The molecule has 4 aliphatic carbocycles. The molecule has 0 bridgehead atoms. The molecule has 12 atom stereocenters. The number of hydrogen-bond acceptors (Lipinski definition) is 1. The van der Waals surface area contributed by atoms with Crippen molar-refractivity contribution in [1.29, 1.82) is 0 Å². The predicted octanol–water partition coefficient (Wildman–Crippen LogP) is -4.88. The fourth-order valence-corrected chi connectivity index (χ4v) is 13.7. The highest BCUT2D eigenvalue weighted by Crippen LogP contribution is 2.85. The van der Waals surface area contributed by atoms with Crippen LogP contribution in [0.1, 0.15) is 127 Å². The van der Waals surface area contributed by atoms with Gasteiger partial charge in [-0.05, 0) is 91.3 Å². The normalized spacial score (nSPS) is 57.2. The Balaban J connectivity index is 0.00000154. The lowest BCUT2D eigenvalue weighted by atomic mass is 9.31. The van der Waals surface area contributed by atoms with E-state index in [2.05, 4.69) is 78.7 Å². The third-order valence-corrected chi connectivity index (χ3v) is 16.8. The molecule has 2 saturated heterocycles. The van der Waals surface area contributed by atoms with Crippen molar-refractivity contribution in [3.8, 4) is 0 Å². The summed E-state index contributed by atoms with van der Waals surface area (Å²) in [6.45, 7) is 27.5. The van der Waals surface area contributed by atoms with Gasteiger partial charge in [-0.15, -0.1) is 0 Å². The first kappa shape index (κ1) is 36.2. The molecule has 2 aliphatic heterocycles. The molecule has 0 aromatic rings. The van der Waals surface area contributed by atoms with Crippen LogP contribution in [0.5, 0.6) is 0 Å². The van der Waals surface area contributed by atoms with Crippen LogP contribution in [0.3, 0.4) is 0 Å². The fourth-order valence-electron chi connectivity index (χ4n) is 13.7. The topological polar surface area (TPSA) is 70.1 Å². The Labute approximate surface area is 271 Å². The number of nitrogens with two attached hydrogens (primary N) is 2. The first-order valence-corrected chi connectivity index (χ1v) is 16.8. The van der Waals surface area contributed by atoms with Gasteiger partial charge in [-0.2, -0.15) is 0 Å². The van der Waals surface area contributed by atoms with Crippen molar-refractivity contribution in [3.63, 3.8) is 0 Å². The van der Waals surface area contributed by atoms with Crippen LogP contribution in [0.25, 0.3) is 0 Å². The maximum atomic E-state index is 7.54. The molecule has 7 N–H and O–H groups in total. The van der Waals surface area contributed by atoms with Crippen LogP contribution >= 0.6 is 0 Å². The Kier molecular flexibility index (Phi) is 9.63. The second-order valence-electron chi connectivity index (χ2n) is 17.5. The minimum absolute atomic E-state index is 0. The summed E-state index contributed by atoms with van der Waals surface area (Å²) in [5.74, 6) is 2.21. The summed E-state index contributed by atoms with van der Waals surface area (Å²) in [6, 6.07) is 0.808. The summed E-state index contributed by atoms with van der Waals surface area (Å²) in [5.41, 5.74) is 6.29. The molecular weight excluding hydrogens is 573 g/mol. The Bertz CT molecular complexity index is 977. The zero-order valence-corrected chi connectivity index (χ0v) is 30.2. The van der Waals surface area contributed by atoms with Crippen molar-refractivity contribution in [2.24, 2.45) is 50.2 Å². The average Bonchev–Trinajstić information content (AvgIpc) is 3.11. The van der Waals surface area contributed by atoms with Crippen molar-refractivity contribution in [2.45, 2.75) is 144 Å². The zero-order chi connectivity index (χ0) is 27.6. The molecule has 0 aromatic carbocycles. The van der Waals surface area contributed by atoms with E-state index < -0.39 is 0 Å². The Morgan fingerprint density at radius 3 is 2.10 bits per heavy atom. The monoisotopic (exact) mass is 635 g/mol. The van der Waals surface area contributed by atoms with Gasteiger partial charge in [0.05, 0.1) is 18.2 Å². The van der Waals surface area contributed by atoms with Gasteiger partial charge in [0.15, 0.2) is 0 Å². The van der Waals surface area contributed by atoms with Crippen LogP contribution in [0.4, 0.5) is 0 Å². The molecule has 4 nitrogen and oxygen atoms in total. The van der Waals surface area contributed by atoms with Gasteiger partial charge >= 0.3 is 0 Å². The maximum absolute atomic E-state index is 7.54. The number of rotatable bonds is 3. The van der Waals surface area contributed by atoms with E-state index in [1.165, 1.54) is 77.3 Å².